The first kappa shape index (κ1) is 14.9. The summed E-state index contributed by atoms with van der Waals surface area (Å²) in [6.07, 6.45) is 0.874. The Morgan fingerprint density at radius 1 is 1.44 bits per heavy atom. The number of rotatable bonds is 5. The van der Waals surface area contributed by atoms with Gasteiger partial charge in [-0.3, -0.25) is 0 Å². The first-order chi connectivity index (χ1) is 8.28. The summed E-state index contributed by atoms with van der Waals surface area (Å²) < 4.78 is 38.8. The molecule has 1 atom stereocenters. The van der Waals surface area contributed by atoms with Gasteiger partial charge in [0.15, 0.2) is 0 Å². The number of sulfonamides is 1. The molecule has 18 heavy (non-hydrogen) atoms. The van der Waals surface area contributed by atoms with E-state index in [1.165, 1.54) is 17.4 Å². The zero-order valence-corrected chi connectivity index (χ0v) is 11.7. The van der Waals surface area contributed by atoms with Gasteiger partial charge in [0.05, 0.1) is 5.69 Å². The Bertz CT molecular complexity index is 517. The van der Waals surface area contributed by atoms with Gasteiger partial charge in [-0.05, 0) is 24.1 Å². The maximum Gasteiger partial charge on any atom is 0.244 e. The highest BCUT2D eigenvalue weighted by atomic mass is 32.2. The fourth-order valence-electron chi connectivity index (χ4n) is 1.57. The number of anilines is 1. The lowest BCUT2D eigenvalue weighted by atomic mass is 10.1. The van der Waals surface area contributed by atoms with Gasteiger partial charge >= 0.3 is 0 Å². The van der Waals surface area contributed by atoms with Gasteiger partial charge in [0.1, 0.15) is 10.7 Å². The number of benzene rings is 1. The van der Waals surface area contributed by atoms with E-state index in [1.807, 2.05) is 13.8 Å². The third-order valence-corrected chi connectivity index (χ3v) is 4.81. The van der Waals surface area contributed by atoms with Crippen LogP contribution in [0.5, 0.6) is 0 Å². The molecule has 102 valence electrons. The molecule has 0 aliphatic heterocycles. The number of nitrogens with zero attached hydrogens (tertiary/aromatic N) is 1. The summed E-state index contributed by atoms with van der Waals surface area (Å²) in [7, 11) is -2.25. The van der Waals surface area contributed by atoms with Crippen LogP contribution >= 0.6 is 0 Å². The number of nitrogens with two attached hydrogens (primary N) is 1. The van der Waals surface area contributed by atoms with Crippen LogP contribution in [-0.2, 0) is 10.0 Å². The van der Waals surface area contributed by atoms with Crippen LogP contribution in [0.1, 0.15) is 20.3 Å². The van der Waals surface area contributed by atoms with Crippen molar-refractivity contribution < 1.29 is 12.8 Å². The largest absolute Gasteiger partial charge is 0.398 e. The maximum atomic E-state index is 13.1. The minimum atomic E-state index is -3.73. The van der Waals surface area contributed by atoms with Crippen LogP contribution in [0.2, 0.25) is 0 Å². The lowest BCUT2D eigenvalue weighted by Gasteiger charge is -2.21. The average molecular weight is 274 g/mol. The number of hydrogen-bond acceptors (Lipinski definition) is 3. The molecule has 0 bridgehead atoms. The van der Waals surface area contributed by atoms with Crippen LogP contribution < -0.4 is 5.73 Å². The van der Waals surface area contributed by atoms with Crippen molar-refractivity contribution in [2.24, 2.45) is 5.92 Å². The molecule has 0 aliphatic carbocycles. The van der Waals surface area contributed by atoms with Crippen LogP contribution in [0, 0.1) is 11.7 Å². The fourth-order valence-corrected chi connectivity index (χ4v) is 2.98. The van der Waals surface area contributed by atoms with Crippen molar-refractivity contribution >= 4 is 15.7 Å². The summed E-state index contributed by atoms with van der Waals surface area (Å²) in [6, 6.07) is 3.36. The second-order valence-corrected chi connectivity index (χ2v) is 6.49. The first-order valence-corrected chi connectivity index (χ1v) is 7.24. The molecule has 0 aliphatic rings. The Hall–Kier alpha value is -1.14. The fraction of sp³-hybridized carbons (Fsp3) is 0.500. The number of nitrogen functional groups attached to an aromatic ring is 1. The zero-order chi connectivity index (χ0) is 13.9. The molecule has 0 heterocycles. The van der Waals surface area contributed by atoms with Gasteiger partial charge in [-0.15, -0.1) is 0 Å². The van der Waals surface area contributed by atoms with Crippen LogP contribution in [0.3, 0.4) is 0 Å². The van der Waals surface area contributed by atoms with Crippen molar-refractivity contribution in [1.82, 2.24) is 4.31 Å². The predicted molar refractivity (Wildman–Crippen MR) is 70.1 cm³/mol. The standard InChI is InChI=1S/C12H19FN2O2S/c1-4-9(2)8-15(3)18(16,17)12-7-10(13)5-6-11(12)14/h5-7,9H,4,8,14H2,1-3H3. The third-order valence-electron chi connectivity index (χ3n) is 2.93. The monoisotopic (exact) mass is 274 g/mol. The Morgan fingerprint density at radius 2 is 2.06 bits per heavy atom. The van der Waals surface area contributed by atoms with E-state index in [0.29, 0.717) is 6.54 Å². The second kappa shape index (κ2) is 5.67. The molecule has 2 N–H and O–H groups in total. The predicted octanol–water partition coefficient (Wildman–Crippen LogP) is 2.07. The van der Waals surface area contributed by atoms with Crippen LogP contribution in [-0.4, -0.2) is 26.3 Å². The van der Waals surface area contributed by atoms with E-state index in [4.69, 9.17) is 5.73 Å². The third kappa shape index (κ3) is 3.20. The molecular weight excluding hydrogens is 255 g/mol. The summed E-state index contributed by atoms with van der Waals surface area (Å²) in [4.78, 5) is -0.173. The highest BCUT2D eigenvalue weighted by Gasteiger charge is 2.24. The Balaban J connectivity index is 3.09. The number of halogens is 1. The van der Waals surface area contributed by atoms with E-state index in [2.05, 4.69) is 0 Å². The minimum absolute atomic E-state index is 0.0624. The van der Waals surface area contributed by atoms with E-state index in [9.17, 15) is 12.8 Å². The normalized spacial score (nSPS) is 13.8. The molecule has 0 saturated heterocycles. The average Bonchev–Trinajstić information content (AvgIpc) is 2.31. The van der Waals surface area contributed by atoms with E-state index in [-0.39, 0.29) is 16.5 Å². The molecule has 0 radical (unpaired) electrons. The molecule has 0 amide bonds. The van der Waals surface area contributed by atoms with Crippen LogP contribution in [0.25, 0.3) is 0 Å². The van der Waals surface area contributed by atoms with Crippen molar-refractivity contribution in [3.63, 3.8) is 0 Å². The van der Waals surface area contributed by atoms with Crippen molar-refractivity contribution in [2.75, 3.05) is 19.3 Å². The lowest BCUT2D eigenvalue weighted by Crippen LogP contribution is -2.31. The van der Waals surface area contributed by atoms with Crippen molar-refractivity contribution in [2.45, 2.75) is 25.2 Å². The topological polar surface area (TPSA) is 63.4 Å². The van der Waals surface area contributed by atoms with Gasteiger partial charge in [-0.2, -0.15) is 0 Å². The quantitative estimate of drug-likeness (QED) is 0.836. The molecule has 0 saturated carbocycles. The van der Waals surface area contributed by atoms with Crippen molar-refractivity contribution in [3.8, 4) is 0 Å². The summed E-state index contributed by atoms with van der Waals surface area (Å²) in [5.74, 6) is -0.376. The molecule has 0 spiro atoms. The van der Waals surface area contributed by atoms with E-state index >= 15 is 0 Å². The molecule has 1 aromatic rings. The van der Waals surface area contributed by atoms with E-state index in [0.717, 1.165) is 18.6 Å². The molecule has 4 nitrogen and oxygen atoms in total. The van der Waals surface area contributed by atoms with Gasteiger partial charge < -0.3 is 5.73 Å². The van der Waals surface area contributed by atoms with Gasteiger partial charge in [-0.25, -0.2) is 17.1 Å². The highest BCUT2D eigenvalue weighted by Crippen LogP contribution is 2.23. The molecule has 1 rings (SSSR count). The first-order valence-electron chi connectivity index (χ1n) is 5.80. The van der Waals surface area contributed by atoms with Gasteiger partial charge in [-0.1, -0.05) is 20.3 Å². The highest BCUT2D eigenvalue weighted by molar-refractivity contribution is 7.89. The summed E-state index contributed by atoms with van der Waals surface area (Å²) in [6.45, 7) is 4.33. The molecule has 0 aromatic heterocycles. The van der Waals surface area contributed by atoms with Crippen molar-refractivity contribution in [3.05, 3.63) is 24.0 Å². The van der Waals surface area contributed by atoms with Gasteiger partial charge in [0, 0.05) is 13.6 Å². The molecular formula is C12H19FN2O2S. The molecule has 1 unspecified atom stereocenters. The Morgan fingerprint density at radius 3 is 2.61 bits per heavy atom. The van der Waals surface area contributed by atoms with Crippen LogP contribution in [0.15, 0.2) is 23.1 Å². The number of hydrogen-bond donors (Lipinski definition) is 1. The summed E-state index contributed by atoms with van der Waals surface area (Å²) in [5.41, 5.74) is 5.67. The van der Waals surface area contributed by atoms with Gasteiger partial charge in [0.25, 0.3) is 0 Å². The molecule has 0 fully saturated rings. The Kier molecular flexibility index (Phi) is 4.70. The Labute approximate surface area is 108 Å². The zero-order valence-electron chi connectivity index (χ0n) is 10.9. The lowest BCUT2D eigenvalue weighted by molar-refractivity contribution is 0.393. The molecule has 1 aromatic carbocycles. The summed E-state index contributed by atoms with van der Waals surface area (Å²) in [5, 5.41) is 0. The van der Waals surface area contributed by atoms with Gasteiger partial charge in [0.2, 0.25) is 10.0 Å². The van der Waals surface area contributed by atoms with Crippen LogP contribution in [0.4, 0.5) is 10.1 Å². The maximum absolute atomic E-state index is 13.1. The SMILES string of the molecule is CCC(C)CN(C)S(=O)(=O)c1cc(F)ccc1N. The minimum Gasteiger partial charge on any atom is -0.398 e. The van der Waals surface area contributed by atoms with E-state index in [1.54, 1.807) is 0 Å². The second-order valence-electron chi connectivity index (χ2n) is 4.48. The smallest absolute Gasteiger partial charge is 0.244 e. The van der Waals surface area contributed by atoms with E-state index < -0.39 is 15.8 Å². The molecule has 6 heteroatoms. The summed E-state index contributed by atoms with van der Waals surface area (Å²) >= 11 is 0. The van der Waals surface area contributed by atoms with Crippen molar-refractivity contribution in [1.29, 1.82) is 0 Å².